The van der Waals surface area contributed by atoms with E-state index >= 15 is 0 Å². The lowest BCUT2D eigenvalue weighted by Gasteiger charge is -2.38. The molecule has 2 aliphatic heterocycles. The van der Waals surface area contributed by atoms with Gasteiger partial charge in [-0.25, -0.2) is 5.01 Å². The van der Waals surface area contributed by atoms with Crippen molar-refractivity contribution in [3.05, 3.63) is 92.5 Å². The quantitative estimate of drug-likeness (QED) is 0.365. The standard InChI is InChI=1S/C24H20ClN3O5/c1-31-22-9-5-15(11-23(22)32-2)19-13-20-18-12-17(28(29)30)8-10-21(18)33-24(27(20)26-19)14-3-6-16(25)7-4-14/h3-12,20,24H,13H2,1-2H3. The van der Waals surface area contributed by atoms with Gasteiger partial charge in [0.2, 0.25) is 6.23 Å². The Bertz CT molecular complexity index is 1260. The van der Waals surface area contributed by atoms with Crippen LogP contribution in [0.4, 0.5) is 5.69 Å². The molecule has 9 heteroatoms. The summed E-state index contributed by atoms with van der Waals surface area (Å²) in [6.07, 6.45) is 0.0516. The number of benzene rings is 3. The molecule has 2 aliphatic rings. The van der Waals surface area contributed by atoms with E-state index in [0.717, 1.165) is 22.4 Å². The molecular weight excluding hydrogens is 446 g/mol. The molecule has 5 rings (SSSR count). The fraction of sp³-hybridized carbons (Fsp3) is 0.208. The van der Waals surface area contributed by atoms with Gasteiger partial charge < -0.3 is 14.2 Å². The Morgan fingerprint density at radius 2 is 1.82 bits per heavy atom. The van der Waals surface area contributed by atoms with Crippen LogP contribution in [0.5, 0.6) is 17.2 Å². The SMILES string of the molecule is COc1ccc(C2=NN3C(C2)c2cc([N+](=O)[O-])ccc2OC3c2ccc(Cl)cc2)cc1OC. The highest BCUT2D eigenvalue weighted by Gasteiger charge is 2.41. The topological polar surface area (TPSA) is 86.4 Å². The summed E-state index contributed by atoms with van der Waals surface area (Å²) in [6.45, 7) is 0. The average Bonchev–Trinajstić information content (AvgIpc) is 3.29. The van der Waals surface area contributed by atoms with E-state index in [2.05, 4.69) is 0 Å². The van der Waals surface area contributed by atoms with Gasteiger partial charge in [0, 0.05) is 40.3 Å². The number of nitrogens with zero attached hydrogens (tertiary/aromatic N) is 3. The number of halogens is 1. The van der Waals surface area contributed by atoms with Crippen molar-refractivity contribution in [3.8, 4) is 17.2 Å². The van der Waals surface area contributed by atoms with Crippen LogP contribution >= 0.6 is 11.6 Å². The Morgan fingerprint density at radius 1 is 1.06 bits per heavy atom. The van der Waals surface area contributed by atoms with Crippen LogP contribution in [0.15, 0.2) is 65.8 Å². The third-order valence-corrected chi connectivity index (χ3v) is 6.11. The Balaban J connectivity index is 1.59. The molecular formula is C24H20ClN3O5. The number of rotatable bonds is 5. The molecule has 3 aromatic carbocycles. The molecule has 0 spiro atoms. The molecule has 0 aromatic heterocycles. The van der Waals surface area contributed by atoms with Crippen LogP contribution in [-0.2, 0) is 0 Å². The number of fused-ring (bicyclic) bond motifs is 3. The first kappa shape index (κ1) is 21.1. The van der Waals surface area contributed by atoms with Crippen LogP contribution in [0.3, 0.4) is 0 Å². The van der Waals surface area contributed by atoms with Gasteiger partial charge in [0.05, 0.1) is 30.9 Å². The van der Waals surface area contributed by atoms with Crippen molar-refractivity contribution < 1.29 is 19.1 Å². The number of hydrogen-bond acceptors (Lipinski definition) is 7. The lowest BCUT2D eigenvalue weighted by Crippen LogP contribution is -2.33. The van der Waals surface area contributed by atoms with Crippen LogP contribution in [-0.4, -0.2) is 29.9 Å². The molecule has 0 N–H and O–H groups in total. The average molecular weight is 466 g/mol. The van der Waals surface area contributed by atoms with Gasteiger partial charge in [-0.15, -0.1) is 0 Å². The van der Waals surface area contributed by atoms with Crippen LogP contribution in [0.25, 0.3) is 0 Å². The summed E-state index contributed by atoms with van der Waals surface area (Å²) in [5, 5.41) is 18.8. The zero-order valence-corrected chi connectivity index (χ0v) is 18.7. The first-order chi connectivity index (χ1) is 16.0. The van der Waals surface area contributed by atoms with Crippen molar-refractivity contribution in [3.63, 3.8) is 0 Å². The zero-order chi connectivity index (χ0) is 23.1. The monoisotopic (exact) mass is 465 g/mol. The molecule has 0 radical (unpaired) electrons. The second-order valence-electron chi connectivity index (χ2n) is 7.72. The second-order valence-corrected chi connectivity index (χ2v) is 8.15. The Hall–Kier alpha value is -3.78. The highest BCUT2D eigenvalue weighted by atomic mass is 35.5. The number of nitro benzene ring substituents is 1. The maximum Gasteiger partial charge on any atom is 0.270 e. The van der Waals surface area contributed by atoms with E-state index in [-0.39, 0.29) is 11.7 Å². The number of nitro groups is 1. The van der Waals surface area contributed by atoms with Gasteiger partial charge in [0.25, 0.3) is 5.69 Å². The van der Waals surface area contributed by atoms with E-state index in [1.165, 1.54) is 6.07 Å². The first-order valence-corrected chi connectivity index (χ1v) is 10.6. The van der Waals surface area contributed by atoms with Crippen molar-refractivity contribution >= 4 is 23.0 Å². The van der Waals surface area contributed by atoms with E-state index < -0.39 is 11.2 Å². The van der Waals surface area contributed by atoms with Crippen molar-refractivity contribution in [1.29, 1.82) is 0 Å². The van der Waals surface area contributed by atoms with E-state index in [1.54, 1.807) is 38.5 Å². The summed E-state index contributed by atoms with van der Waals surface area (Å²) in [6, 6.07) is 17.5. The Kier molecular flexibility index (Phi) is 5.30. The van der Waals surface area contributed by atoms with Gasteiger partial charge in [-0.2, -0.15) is 5.10 Å². The molecule has 33 heavy (non-hydrogen) atoms. The molecule has 3 aromatic rings. The largest absolute Gasteiger partial charge is 0.493 e. The van der Waals surface area contributed by atoms with Gasteiger partial charge >= 0.3 is 0 Å². The van der Waals surface area contributed by atoms with Gasteiger partial charge in [-0.3, -0.25) is 10.1 Å². The smallest absolute Gasteiger partial charge is 0.270 e. The van der Waals surface area contributed by atoms with Crippen molar-refractivity contribution in [2.24, 2.45) is 5.10 Å². The van der Waals surface area contributed by atoms with Gasteiger partial charge in [-0.1, -0.05) is 23.7 Å². The summed E-state index contributed by atoms with van der Waals surface area (Å²) in [5.74, 6) is 1.83. The van der Waals surface area contributed by atoms with Crippen LogP contribution < -0.4 is 14.2 Å². The van der Waals surface area contributed by atoms with Crippen LogP contribution in [0.1, 0.15) is 35.4 Å². The van der Waals surface area contributed by atoms with E-state index in [1.807, 2.05) is 35.3 Å². The molecule has 0 aliphatic carbocycles. The van der Waals surface area contributed by atoms with Crippen molar-refractivity contribution in [1.82, 2.24) is 5.01 Å². The Labute approximate surface area is 195 Å². The first-order valence-electron chi connectivity index (χ1n) is 10.3. The minimum Gasteiger partial charge on any atom is -0.493 e. The fourth-order valence-corrected chi connectivity index (χ4v) is 4.35. The van der Waals surface area contributed by atoms with Crippen molar-refractivity contribution in [2.75, 3.05) is 14.2 Å². The number of ether oxygens (including phenoxy) is 3. The molecule has 2 unspecified atom stereocenters. The highest BCUT2D eigenvalue weighted by Crippen LogP contribution is 2.48. The molecule has 0 saturated heterocycles. The maximum absolute atomic E-state index is 11.4. The normalized spacial score (nSPS) is 18.6. The van der Waals surface area contributed by atoms with Gasteiger partial charge in [0.1, 0.15) is 5.75 Å². The van der Waals surface area contributed by atoms with E-state index in [4.69, 9.17) is 30.9 Å². The molecule has 8 nitrogen and oxygen atoms in total. The summed E-state index contributed by atoms with van der Waals surface area (Å²) < 4.78 is 17.1. The molecule has 2 atom stereocenters. The molecule has 0 saturated carbocycles. The second kappa shape index (κ2) is 8.29. The molecule has 168 valence electrons. The number of non-ortho nitro benzene ring substituents is 1. The number of hydrazone groups is 1. The lowest BCUT2D eigenvalue weighted by atomic mass is 9.95. The summed E-state index contributed by atoms with van der Waals surface area (Å²) >= 11 is 6.08. The summed E-state index contributed by atoms with van der Waals surface area (Å²) in [7, 11) is 3.17. The minimum absolute atomic E-state index is 0.0156. The van der Waals surface area contributed by atoms with E-state index in [0.29, 0.717) is 28.7 Å². The third-order valence-electron chi connectivity index (χ3n) is 5.86. The molecule has 0 amide bonds. The lowest BCUT2D eigenvalue weighted by molar-refractivity contribution is -0.385. The predicted molar refractivity (Wildman–Crippen MR) is 123 cm³/mol. The molecule has 0 fully saturated rings. The summed E-state index contributed by atoms with van der Waals surface area (Å²) in [4.78, 5) is 11.0. The van der Waals surface area contributed by atoms with Crippen LogP contribution in [0.2, 0.25) is 5.02 Å². The third kappa shape index (κ3) is 3.72. The van der Waals surface area contributed by atoms with Gasteiger partial charge in [0.15, 0.2) is 11.5 Å². The predicted octanol–water partition coefficient (Wildman–Crippen LogP) is 5.51. The molecule has 2 heterocycles. The Morgan fingerprint density at radius 3 is 2.52 bits per heavy atom. The molecule has 0 bridgehead atoms. The number of methoxy groups -OCH3 is 2. The highest BCUT2D eigenvalue weighted by molar-refractivity contribution is 6.30. The van der Waals surface area contributed by atoms with Crippen molar-refractivity contribution in [2.45, 2.75) is 18.7 Å². The van der Waals surface area contributed by atoms with Crippen LogP contribution in [0, 0.1) is 10.1 Å². The van der Waals surface area contributed by atoms with Gasteiger partial charge in [-0.05, 0) is 36.4 Å². The zero-order valence-electron chi connectivity index (χ0n) is 17.9. The fourth-order valence-electron chi connectivity index (χ4n) is 4.23. The maximum atomic E-state index is 11.4. The number of hydrogen-bond donors (Lipinski definition) is 0. The summed E-state index contributed by atoms with van der Waals surface area (Å²) in [5.41, 5.74) is 3.33. The van der Waals surface area contributed by atoms with E-state index in [9.17, 15) is 10.1 Å². The minimum atomic E-state index is -0.501.